The van der Waals surface area contributed by atoms with Crippen LogP contribution < -0.4 is 15.5 Å². The van der Waals surface area contributed by atoms with Gasteiger partial charge in [-0.1, -0.05) is 36.4 Å². The summed E-state index contributed by atoms with van der Waals surface area (Å²) in [6.45, 7) is 0.131. The Labute approximate surface area is 188 Å². The lowest BCUT2D eigenvalue weighted by molar-refractivity contribution is -0.117. The average Bonchev–Trinajstić information content (AvgIpc) is 2.95. The second-order valence-electron chi connectivity index (χ2n) is 7.86. The fourth-order valence-corrected chi connectivity index (χ4v) is 4.23. The van der Waals surface area contributed by atoms with Crippen LogP contribution in [0.5, 0.6) is 0 Å². The second-order valence-corrected chi connectivity index (χ2v) is 7.86. The molecule has 0 atom stereocenters. The maximum atomic E-state index is 13.7. The molecule has 33 heavy (non-hydrogen) atoms. The quantitative estimate of drug-likeness (QED) is 0.506. The Hall–Kier alpha value is -4.33. The van der Waals surface area contributed by atoms with Crippen molar-refractivity contribution >= 4 is 40.4 Å². The summed E-state index contributed by atoms with van der Waals surface area (Å²) < 4.78 is 13.7. The summed E-state index contributed by atoms with van der Waals surface area (Å²) in [4.78, 5) is 52.6. The van der Waals surface area contributed by atoms with E-state index in [0.29, 0.717) is 22.5 Å². The number of halogens is 1. The predicted octanol–water partition coefficient (Wildman–Crippen LogP) is 3.39. The third-order valence-corrected chi connectivity index (χ3v) is 5.74. The maximum Gasteiger partial charge on any atom is 0.243 e. The van der Waals surface area contributed by atoms with Crippen LogP contribution in [0.25, 0.3) is 0 Å². The van der Waals surface area contributed by atoms with Gasteiger partial charge < -0.3 is 15.5 Å². The average molecular weight is 443 g/mol. The van der Waals surface area contributed by atoms with Crippen molar-refractivity contribution in [2.24, 2.45) is 0 Å². The van der Waals surface area contributed by atoms with E-state index in [1.165, 1.54) is 18.2 Å². The van der Waals surface area contributed by atoms with Crippen molar-refractivity contribution in [1.29, 1.82) is 0 Å². The number of amides is 2. The number of benzene rings is 3. The van der Waals surface area contributed by atoms with Gasteiger partial charge in [-0.05, 0) is 24.3 Å². The minimum absolute atomic E-state index is 0.129. The van der Waals surface area contributed by atoms with E-state index in [2.05, 4.69) is 10.6 Å². The molecule has 5 rings (SSSR count). The largest absolute Gasteiger partial charge is 0.360 e. The monoisotopic (exact) mass is 443 g/mol. The Morgan fingerprint density at radius 1 is 0.939 bits per heavy atom. The molecule has 7 nitrogen and oxygen atoms in total. The van der Waals surface area contributed by atoms with Crippen LogP contribution in [0, 0.1) is 5.82 Å². The van der Waals surface area contributed by atoms with E-state index in [0.717, 1.165) is 0 Å². The number of carbonyl (C=O) groups excluding carboxylic acids is 4. The van der Waals surface area contributed by atoms with Crippen molar-refractivity contribution in [1.82, 2.24) is 0 Å². The molecule has 164 valence electrons. The van der Waals surface area contributed by atoms with Gasteiger partial charge in [-0.15, -0.1) is 0 Å². The van der Waals surface area contributed by atoms with Crippen LogP contribution >= 0.6 is 0 Å². The van der Waals surface area contributed by atoms with E-state index in [1.54, 1.807) is 47.4 Å². The van der Waals surface area contributed by atoms with E-state index in [1.807, 2.05) is 0 Å². The van der Waals surface area contributed by atoms with Gasteiger partial charge in [0.05, 0.1) is 29.2 Å². The molecule has 0 spiro atoms. The van der Waals surface area contributed by atoms with Gasteiger partial charge in [0.25, 0.3) is 0 Å². The van der Waals surface area contributed by atoms with Crippen molar-refractivity contribution in [3.8, 4) is 0 Å². The molecule has 3 aromatic carbocycles. The lowest BCUT2D eigenvalue weighted by Crippen LogP contribution is -2.34. The highest BCUT2D eigenvalue weighted by Gasteiger charge is 2.32. The Morgan fingerprint density at radius 3 is 2.45 bits per heavy atom. The summed E-state index contributed by atoms with van der Waals surface area (Å²) in [5.74, 6) is -1.82. The van der Waals surface area contributed by atoms with E-state index in [-0.39, 0.29) is 53.8 Å². The van der Waals surface area contributed by atoms with Gasteiger partial charge in [-0.3, -0.25) is 19.2 Å². The number of hydrogen-bond acceptors (Lipinski definition) is 5. The molecular formula is C25H18FN3O4. The standard InChI is InChI=1S/C25H18FN3O4/c26-14-8-9-20-19(12-14)28-21(30)10-11-29(20)13-22(31)27-18-7-3-6-17-23(18)25(33)16-5-2-1-4-15(16)24(17)32/h1-9,12H,10-11,13H2,(H,27,31)(H,28,30). The highest BCUT2D eigenvalue weighted by molar-refractivity contribution is 6.30. The molecule has 2 N–H and O–H groups in total. The van der Waals surface area contributed by atoms with Gasteiger partial charge in [-0.25, -0.2) is 4.39 Å². The Bertz CT molecular complexity index is 1350. The van der Waals surface area contributed by atoms with Crippen molar-refractivity contribution < 1.29 is 23.6 Å². The van der Waals surface area contributed by atoms with Crippen LogP contribution in [0.4, 0.5) is 21.5 Å². The molecule has 0 fully saturated rings. The van der Waals surface area contributed by atoms with Crippen LogP contribution in [-0.2, 0) is 9.59 Å². The number of rotatable bonds is 3. The molecule has 1 aliphatic carbocycles. The smallest absolute Gasteiger partial charge is 0.243 e. The van der Waals surface area contributed by atoms with E-state index in [9.17, 15) is 23.6 Å². The molecule has 0 saturated carbocycles. The lowest BCUT2D eigenvalue weighted by Gasteiger charge is -2.24. The number of fused-ring (bicyclic) bond motifs is 3. The maximum absolute atomic E-state index is 13.7. The van der Waals surface area contributed by atoms with Crippen LogP contribution in [0.15, 0.2) is 60.7 Å². The van der Waals surface area contributed by atoms with Crippen LogP contribution in [0.2, 0.25) is 0 Å². The molecule has 1 aliphatic heterocycles. The van der Waals surface area contributed by atoms with Crippen LogP contribution in [0.1, 0.15) is 38.3 Å². The van der Waals surface area contributed by atoms with E-state index >= 15 is 0 Å². The SMILES string of the molecule is O=C1CCN(CC(=O)Nc2cccc3c2C(=O)c2ccccc2C3=O)c2ccc(F)cc2N1. The Balaban J connectivity index is 1.43. The predicted molar refractivity (Wildman–Crippen MR) is 120 cm³/mol. The second kappa shape index (κ2) is 7.98. The first-order valence-electron chi connectivity index (χ1n) is 10.4. The third-order valence-electron chi connectivity index (χ3n) is 5.74. The number of nitrogens with one attached hydrogen (secondary N) is 2. The first kappa shape index (κ1) is 20.6. The lowest BCUT2D eigenvalue weighted by atomic mass is 9.83. The number of nitrogens with zero attached hydrogens (tertiary/aromatic N) is 1. The number of ketones is 2. The third kappa shape index (κ3) is 3.65. The summed E-state index contributed by atoms with van der Waals surface area (Å²) in [5.41, 5.74) is 2.08. The normalized spacial score (nSPS) is 14.6. The zero-order valence-electron chi connectivity index (χ0n) is 17.4. The number of carbonyl (C=O) groups is 4. The van der Waals surface area contributed by atoms with Gasteiger partial charge in [0.1, 0.15) is 5.82 Å². The first-order chi connectivity index (χ1) is 15.9. The fraction of sp³-hybridized carbons (Fsp3) is 0.120. The summed E-state index contributed by atoms with van der Waals surface area (Å²) in [7, 11) is 0. The van der Waals surface area contributed by atoms with Gasteiger partial charge in [0.15, 0.2) is 11.6 Å². The van der Waals surface area contributed by atoms with Crippen molar-refractivity contribution in [3.63, 3.8) is 0 Å². The molecule has 3 aromatic rings. The molecule has 2 amide bonds. The minimum Gasteiger partial charge on any atom is -0.360 e. The van der Waals surface area contributed by atoms with E-state index in [4.69, 9.17) is 0 Å². The van der Waals surface area contributed by atoms with Crippen molar-refractivity contribution in [2.75, 3.05) is 28.6 Å². The zero-order chi connectivity index (χ0) is 23.1. The van der Waals surface area contributed by atoms with Crippen LogP contribution in [0.3, 0.4) is 0 Å². The fourth-order valence-electron chi connectivity index (χ4n) is 4.23. The number of hydrogen-bond donors (Lipinski definition) is 2. The highest BCUT2D eigenvalue weighted by Crippen LogP contribution is 2.33. The minimum atomic E-state index is -0.500. The molecule has 0 saturated heterocycles. The van der Waals surface area contributed by atoms with Gasteiger partial charge in [-0.2, -0.15) is 0 Å². The molecule has 0 unspecified atom stereocenters. The topological polar surface area (TPSA) is 95.6 Å². The van der Waals surface area contributed by atoms with Gasteiger partial charge >= 0.3 is 0 Å². The van der Waals surface area contributed by atoms with Gasteiger partial charge in [0, 0.05) is 29.7 Å². The number of anilines is 3. The van der Waals surface area contributed by atoms with Crippen molar-refractivity contribution in [2.45, 2.75) is 6.42 Å². The molecule has 0 bridgehead atoms. The molecule has 0 radical (unpaired) electrons. The van der Waals surface area contributed by atoms with Gasteiger partial charge in [0.2, 0.25) is 11.8 Å². The summed E-state index contributed by atoms with van der Waals surface area (Å²) >= 11 is 0. The summed E-state index contributed by atoms with van der Waals surface area (Å²) in [5, 5.41) is 5.38. The molecule has 0 aromatic heterocycles. The zero-order valence-corrected chi connectivity index (χ0v) is 17.4. The highest BCUT2D eigenvalue weighted by atomic mass is 19.1. The molecular weight excluding hydrogens is 425 g/mol. The Kier molecular flexibility index (Phi) is 4.97. The van der Waals surface area contributed by atoms with Crippen LogP contribution in [-0.4, -0.2) is 36.5 Å². The molecule has 2 aliphatic rings. The molecule has 8 heteroatoms. The molecule has 1 heterocycles. The van der Waals surface area contributed by atoms with Crippen molar-refractivity contribution in [3.05, 3.63) is 88.7 Å². The summed E-state index contributed by atoms with van der Waals surface area (Å²) in [6, 6.07) is 15.3. The van der Waals surface area contributed by atoms with E-state index < -0.39 is 11.7 Å². The summed E-state index contributed by atoms with van der Waals surface area (Å²) in [6.07, 6.45) is 0.133. The first-order valence-corrected chi connectivity index (χ1v) is 10.4. The Morgan fingerprint density at radius 2 is 1.67 bits per heavy atom.